The average Bonchev–Trinajstić information content (AvgIpc) is 2.54. The number of hydrogen-bond acceptors (Lipinski definition) is 7. The summed E-state index contributed by atoms with van der Waals surface area (Å²) in [4.78, 5) is 41.6. The van der Waals surface area contributed by atoms with E-state index in [0.29, 0.717) is 5.56 Å². The van der Waals surface area contributed by atoms with Crippen LogP contribution in [-0.2, 0) is 19.1 Å². The number of nitrogens with one attached hydrogen (secondary N) is 1. The predicted octanol–water partition coefficient (Wildman–Crippen LogP) is 1.51. The molecule has 1 rings (SSSR count). The number of thioether (sulfide) groups is 1. The van der Waals surface area contributed by atoms with Gasteiger partial charge in [-0.1, -0.05) is 18.2 Å². The van der Waals surface area contributed by atoms with Gasteiger partial charge in [-0.05, 0) is 30.2 Å². The van der Waals surface area contributed by atoms with Gasteiger partial charge in [0.15, 0.2) is 0 Å². The molecule has 1 amide bonds. The van der Waals surface area contributed by atoms with E-state index in [1.165, 1.54) is 6.92 Å². The van der Waals surface area contributed by atoms with E-state index in [-0.39, 0.29) is 19.2 Å². The van der Waals surface area contributed by atoms with E-state index < -0.39 is 17.2 Å². The highest BCUT2D eigenvalue weighted by Gasteiger charge is 2.06. The van der Waals surface area contributed by atoms with Crippen molar-refractivity contribution in [3.05, 3.63) is 35.9 Å². The normalized spacial score (nSPS) is 8.96. The van der Waals surface area contributed by atoms with E-state index in [1.807, 2.05) is 0 Å². The maximum absolute atomic E-state index is 11.3. The van der Waals surface area contributed by atoms with Gasteiger partial charge in [-0.25, -0.2) is 9.59 Å². The summed E-state index contributed by atoms with van der Waals surface area (Å²) in [7, 11) is 0. The van der Waals surface area contributed by atoms with E-state index >= 15 is 0 Å². The number of ether oxygens (including phenoxy) is 2. The van der Waals surface area contributed by atoms with Crippen LogP contribution in [-0.4, -0.2) is 47.8 Å². The molecule has 1 aromatic carbocycles. The van der Waals surface area contributed by atoms with Crippen LogP contribution in [0.3, 0.4) is 0 Å². The van der Waals surface area contributed by atoms with Crippen LogP contribution in [0.2, 0.25) is 0 Å². The van der Waals surface area contributed by atoms with Gasteiger partial charge in [0.25, 0.3) is 0 Å². The first-order valence-electron chi connectivity index (χ1n) is 6.26. The lowest BCUT2D eigenvalue weighted by molar-refractivity contribution is -0.137. The maximum Gasteiger partial charge on any atom is 0.369 e. The van der Waals surface area contributed by atoms with Crippen molar-refractivity contribution in [1.29, 1.82) is 0 Å². The van der Waals surface area contributed by atoms with Crippen molar-refractivity contribution >= 4 is 34.9 Å². The molecule has 0 aliphatic heterocycles. The van der Waals surface area contributed by atoms with Crippen molar-refractivity contribution in [1.82, 2.24) is 5.32 Å². The topological polar surface area (TPSA) is 119 Å². The quantitative estimate of drug-likeness (QED) is 0.610. The lowest BCUT2D eigenvalue weighted by Crippen LogP contribution is -2.26. The second kappa shape index (κ2) is 12.0. The summed E-state index contributed by atoms with van der Waals surface area (Å²) in [5.74, 6) is -1.86. The van der Waals surface area contributed by atoms with E-state index in [2.05, 4.69) is 10.1 Å². The van der Waals surface area contributed by atoms with Gasteiger partial charge < -0.3 is 19.9 Å². The van der Waals surface area contributed by atoms with Gasteiger partial charge in [0.2, 0.25) is 12.7 Å². The van der Waals surface area contributed by atoms with Gasteiger partial charge in [-0.15, -0.1) is 0 Å². The maximum atomic E-state index is 11.3. The second-order valence-electron chi connectivity index (χ2n) is 3.82. The van der Waals surface area contributed by atoms with Gasteiger partial charge in [-0.2, -0.15) is 0 Å². The van der Waals surface area contributed by atoms with Gasteiger partial charge in [0, 0.05) is 6.92 Å². The highest BCUT2D eigenvalue weighted by molar-refractivity contribution is 8.12. The SMILES string of the molecule is CC(=O)NCC(=O)O.CSC(=O)OCOC(=O)c1ccccc1. The molecule has 1 aromatic rings. The summed E-state index contributed by atoms with van der Waals surface area (Å²) in [6.45, 7) is 0.617. The third-order valence-corrected chi connectivity index (χ3v) is 2.48. The Hall–Kier alpha value is -2.55. The Bertz CT molecular complexity index is 519. The lowest BCUT2D eigenvalue weighted by atomic mass is 10.2. The Kier molecular flexibility index (Phi) is 10.7. The van der Waals surface area contributed by atoms with Crippen molar-refractivity contribution in [2.45, 2.75) is 6.92 Å². The third kappa shape index (κ3) is 11.8. The van der Waals surface area contributed by atoms with Crippen LogP contribution in [0.25, 0.3) is 0 Å². The van der Waals surface area contributed by atoms with E-state index in [9.17, 15) is 19.2 Å². The molecule has 0 saturated carbocycles. The molecule has 0 aliphatic carbocycles. The van der Waals surface area contributed by atoms with E-state index in [0.717, 1.165) is 11.8 Å². The van der Waals surface area contributed by atoms with Crippen LogP contribution in [0.1, 0.15) is 17.3 Å². The molecule has 0 spiro atoms. The van der Waals surface area contributed by atoms with Crippen molar-refractivity contribution < 1.29 is 33.8 Å². The minimum atomic E-state index is -1.03. The number of esters is 1. The van der Waals surface area contributed by atoms with Crippen molar-refractivity contribution in [3.63, 3.8) is 0 Å². The fraction of sp³-hybridized carbons (Fsp3) is 0.286. The zero-order chi connectivity index (χ0) is 17.7. The van der Waals surface area contributed by atoms with Crippen LogP contribution in [0, 0.1) is 0 Å². The molecule has 0 aliphatic rings. The number of rotatable bonds is 5. The molecule has 0 heterocycles. The molecule has 0 bridgehead atoms. The van der Waals surface area contributed by atoms with Crippen molar-refractivity contribution in [2.24, 2.45) is 0 Å². The molecule has 9 heteroatoms. The number of hydrogen-bond donors (Lipinski definition) is 2. The first kappa shape index (κ1) is 20.5. The molecule has 0 aromatic heterocycles. The van der Waals surface area contributed by atoms with Gasteiger partial charge in [0.05, 0.1) is 5.56 Å². The Balaban J connectivity index is 0.000000515. The molecule has 8 nitrogen and oxygen atoms in total. The van der Waals surface area contributed by atoms with Crippen LogP contribution in [0.5, 0.6) is 0 Å². The fourth-order valence-corrected chi connectivity index (χ4v) is 1.21. The Morgan fingerprint density at radius 1 is 1.13 bits per heavy atom. The van der Waals surface area contributed by atoms with Crippen LogP contribution >= 0.6 is 11.8 Å². The lowest BCUT2D eigenvalue weighted by Gasteiger charge is -2.04. The molecule has 0 radical (unpaired) electrons. The monoisotopic (exact) mass is 343 g/mol. The smallest absolute Gasteiger partial charge is 0.369 e. The average molecular weight is 343 g/mol. The Labute approximate surface area is 137 Å². The van der Waals surface area contributed by atoms with Crippen molar-refractivity contribution in [3.8, 4) is 0 Å². The minimum absolute atomic E-state index is 0.296. The standard InChI is InChI=1S/C10H10O4S.C4H7NO3/c1-15-10(12)14-7-13-9(11)8-5-3-2-4-6-8;1-3(6)5-2-4(7)8/h2-6H,7H2,1H3;2H2,1H3,(H,5,6)(H,7,8). The first-order chi connectivity index (χ1) is 10.9. The molecule has 126 valence electrons. The van der Waals surface area contributed by atoms with Crippen LogP contribution < -0.4 is 5.32 Å². The number of benzene rings is 1. The number of carboxylic acids is 1. The van der Waals surface area contributed by atoms with Crippen LogP contribution in [0.4, 0.5) is 4.79 Å². The molecular weight excluding hydrogens is 326 g/mol. The predicted molar refractivity (Wildman–Crippen MR) is 83.0 cm³/mol. The summed E-state index contributed by atoms with van der Waals surface area (Å²) in [6, 6.07) is 8.50. The second-order valence-corrected chi connectivity index (χ2v) is 4.56. The number of aliphatic carboxylic acids is 1. The summed E-state index contributed by atoms with van der Waals surface area (Å²) >= 11 is 0.920. The fourth-order valence-electron chi connectivity index (χ4n) is 1.05. The Morgan fingerprint density at radius 2 is 1.74 bits per heavy atom. The molecule has 0 saturated heterocycles. The molecule has 23 heavy (non-hydrogen) atoms. The first-order valence-corrected chi connectivity index (χ1v) is 7.48. The summed E-state index contributed by atoms with van der Waals surface area (Å²) in [5.41, 5.74) is 0.428. The number of amides is 1. The Morgan fingerprint density at radius 3 is 2.17 bits per heavy atom. The summed E-state index contributed by atoms with van der Waals surface area (Å²) < 4.78 is 9.27. The molecule has 0 atom stereocenters. The highest BCUT2D eigenvalue weighted by atomic mass is 32.2. The summed E-state index contributed by atoms with van der Waals surface area (Å²) in [6.07, 6.45) is 1.58. The highest BCUT2D eigenvalue weighted by Crippen LogP contribution is 2.03. The zero-order valence-electron chi connectivity index (χ0n) is 12.6. The van der Waals surface area contributed by atoms with Gasteiger partial charge in [-0.3, -0.25) is 9.59 Å². The van der Waals surface area contributed by atoms with E-state index in [4.69, 9.17) is 9.84 Å². The van der Waals surface area contributed by atoms with Gasteiger partial charge in [0.1, 0.15) is 6.54 Å². The zero-order valence-corrected chi connectivity index (χ0v) is 13.4. The third-order valence-electron chi connectivity index (χ3n) is 2.03. The van der Waals surface area contributed by atoms with Crippen molar-refractivity contribution in [2.75, 3.05) is 19.6 Å². The molecule has 0 fully saturated rings. The molecule has 2 N–H and O–H groups in total. The molecule has 0 unspecified atom stereocenters. The number of carboxylic acid groups (broad SMARTS) is 1. The summed E-state index contributed by atoms with van der Waals surface area (Å²) in [5, 5.41) is 9.58. The van der Waals surface area contributed by atoms with E-state index in [1.54, 1.807) is 36.6 Å². The van der Waals surface area contributed by atoms with Gasteiger partial charge >= 0.3 is 17.2 Å². The number of carbonyl (C=O) groups excluding carboxylic acids is 3. The molecular formula is C14H17NO7S. The van der Waals surface area contributed by atoms with Crippen LogP contribution in [0.15, 0.2) is 30.3 Å². The minimum Gasteiger partial charge on any atom is -0.480 e. The number of carbonyl (C=O) groups is 4. The largest absolute Gasteiger partial charge is 0.480 e.